The maximum absolute atomic E-state index is 13.8. The van der Waals surface area contributed by atoms with Gasteiger partial charge in [0.1, 0.15) is 22.9 Å². The van der Waals surface area contributed by atoms with Crippen molar-refractivity contribution in [1.29, 1.82) is 0 Å². The summed E-state index contributed by atoms with van der Waals surface area (Å²) in [6.45, 7) is 1.97. The van der Waals surface area contributed by atoms with Gasteiger partial charge in [0.05, 0.1) is 18.1 Å². The number of aromatic hydroxyl groups is 1. The molecular formula is C23H26F2N2O6. The second-order valence-electron chi connectivity index (χ2n) is 8.21. The van der Waals surface area contributed by atoms with Crippen LogP contribution in [0.15, 0.2) is 29.2 Å². The number of aromatic nitrogens is 1. The number of amides is 1. The van der Waals surface area contributed by atoms with E-state index < -0.39 is 51.6 Å². The number of carbonyl (C=O) groups is 2. The number of fused-ring (bicyclic) bond motifs is 1. The minimum Gasteiger partial charge on any atom is -0.503 e. The van der Waals surface area contributed by atoms with Gasteiger partial charge < -0.3 is 24.5 Å². The van der Waals surface area contributed by atoms with Gasteiger partial charge in [0.15, 0.2) is 11.5 Å². The molecule has 2 heterocycles. The molecule has 0 radical (unpaired) electrons. The van der Waals surface area contributed by atoms with Gasteiger partial charge >= 0.3 is 0 Å². The highest BCUT2D eigenvalue weighted by Gasteiger charge is 2.48. The number of nitrogens with one attached hydrogen (secondary N) is 1. The highest BCUT2D eigenvalue weighted by Crippen LogP contribution is 2.40. The fourth-order valence-electron chi connectivity index (χ4n) is 4.12. The van der Waals surface area contributed by atoms with Gasteiger partial charge in [-0.1, -0.05) is 6.07 Å². The maximum atomic E-state index is 13.8. The van der Waals surface area contributed by atoms with Gasteiger partial charge in [-0.25, -0.2) is 8.78 Å². The van der Waals surface area contributed by atoms with E-state index >= 15 is 0 Å². The van der Waals surface area contributed by atoms with Crippen LogP contribution < -0.4 is 10.7 Å². The summed E-state index contributed by atoms with van der Waals surface area (Å²) in [7, 11) is 3.02. The van der Waals surface area contributed by atoms with Gasteiger partial charge in [0, 0.05) is 45.2 Å². The molecule has 2 aromatic rings. The number of hydrogen-bond acceptors (Lipinski definition) is 6. The van der Waals surface area contributed by atoms with E-state index in [1.165, 1.54) is 23.9 Å². The fourth-order valence-corrected chi connectivity index (χ4v) is 4.12. The monoisotopic (exact) mass is 464 g/mol. The first-order valence-corrected chi connectivity index (χ1v) is 10.4. The van der Waals surface area contributed by atoms with E-state index in [9.17, 15) is 28.3 Å². The van der Waals surface area contributed by atoms with E-state index in [1.807, 2.05) is 0 Å². The van der Waals surface area contributed by atoms with Gasteiger partial charge in [-0.05, 0) is 25.8 Å². The van der Waals surface area contributed by atoms with E-state index in [4.69, 9.17) is 9.47 Å². The van der Waals surface area contributed by atoms with Crippen LogP contribution in [-0.4, -0.2) is 48.3 Å². The van der Waals surface area contributed by atoms with Crippen molar-refractivity contribution in [2.45, 2.75) is 39.0 Å². The molecule has 3 rings (SSSR count). The lowest BCUT2D eigenvalue weighted by Crippen LogP contribution is -2.50. The van der Waals surface area contributed by atoms with E-state index in [-0.39, 0.29) is 24.3 Å². The van der Waals surface area contributed by atoms with Crippen LogP contribution in [0.1, 0.15) is 46.2 Å². The fraction of sp³-hybridized carbons (Fsp3) is 0.435. The van der Waals surface area contributed by atoms with Crippen molar-refractivity contribution in [3.8, 4) is 5.75 Å². The van der Waals surface area contributed by atoms with Crippen molar-refractivity contribution in [3.05, 3.63) is 63.1 Å². The summed E-state index contributed by atoms with van der Waals surface area (Å²) in [5.74, 6) is -3.77. The first kappa shape index (κ1) is 24.5. The highest BCUT2D eigenvalue weighted by molar-refractivity contribution is 6.03. The van der Waals surface area contributed by atoms with E-state index in [1.54, 1.807) is 14.0 Å². The lowest BCUT2D eigenvalue weighted by molar-refractivity contribution is -0.0209. The Labute approximate surface area is 189 Å². The molecule has 0 saturated heterocycles. The molecule has 1 aromatic heterocycles. The predicted molar refractivity (Wildman–Crippen MR) is 114 cm³/mol. The minimum absolute atomic E-state index is 0.0217. The Morgan fingerprint density at radius 3 is 2.67 bits per heavy atom. The summed E-state index contributed by atoms with van der Waals surface area (Å²) in [5, 5.41) is 12.9. The van der Waals surface area contributed by atoms with Crippen LogP contribution in [0.2, 0.25) is 0 Å². The molecular weight excluding hydrogens is 438 g/mol. The summed E-state index contributed by atoms with van der Waals surface area (Å²) in [6.07, 6.45) is 1.61. The largest absolute Gasteiger partial charge is 0.503 e. The lowest BCUT2D eigenvalue weighted by Gasteiger charge is -2.41. The first-order chi connectivity index (χ1) is 15.6. The smallest absolute Gasteiger partial charge is 0.257 e. The van der Waals surface area contributed by atoms with Gasteiger partial charge in [0.2, 0.25) is 5.43 Å². The Morgan fingerprint density at radius 1 is 1.30 bits per heavy atom. The Hall–Kier alpha value is -3.11. The average molecular weight is 464 g/mol. The summed E-state index contributed by atoms with van der Waals surface area (Å²) in [6, 6.07) is 2.90. The van der Waals surface area contributed by atoms with Crippen LogP contribution in [0, 0.1) is 17.0 Å². The molecule has 1 aliphatic rings. The number of halogens is 2. The zero-order valence-corrected chi connectivity index (χ0v) is 18.6. The molecule has 0 spiro atoms. The van der Waals surface area contributed by atoms with Crippen LogP contribution in [0.3, 0.4) is 0 Å². The van der Waals surface area contributed by atoms with Crippen LogP contribution in [0.5, 0.6) is 5.75 Å². The Balaban J connectivity index is 1.91. The van der Waals surface area contributed by atoms with Crippen molar-refractivity contribution < 1.29 is 33.0 Å². The molecule has 1 aromatic carbocycles. The average Bonchev–Trinajstić information content (AvgIpc) is 2.77. The summed E-state index contributed by atoms with van der Waals surface area (Å²) >= 11 is 0. The Bertz CT molecular complexity index is 1130. The number of Topliss-reactive ketones (excluding diaryl/α,β-unsaturated/α-hetero) is 1. The first-order valence-electron chi connectivity index (χ1n) is 10.4. The summed E-state index contributed by atoms with van der Waals surface area (Å²) < 4.78 is 38.8. The third-order valence-corrected chi connectivity index (χ3v) is 6.09. The molecule has 178 valence electrons. The predicted octanol–water partition coefficient (Wildman–Crippen LogP) is 2.41. The molecule has 33 heavy (non-hydrogen) atoms. The van der Waals surface area contributed by atoms with Crippen molar-refractivity contribution in [2.24, 2.45) is 5.41 Å². The van der Waals surface area contributed by atoms with Crippen LogP contribution in [-0.2, 0) is 22.6 Å². The number of ether oxygens (including phenoxy) is 2. The molecule has 0 fully saturated rings. The van der Waals surface area contributed by atoms with Gasteiger partial charge in [-0.2, -0.15) is 0 Å². The third kappa shape index (κ3) is 4.67. The number of carbonyl (C=O) groups excluding carboxylic acids is 2. The molecule has 0 bridgehead atoms. The topological polar surface area (TPSA) is 107 Å². The standard InChI is InChI=1S/C23H26F2N2O6/c1-23(7-4-8-32-2)17(33-3)12-27-11-15(19(28)20(29)18(27)21(23)30)22(31)26-10-13-5-6-14(24)9-16(13)25/h5-6,9,11,17,29H,4,7-8,10,12H2,1-3H3,(H,26,31)/t17-,23+/m0/s1. The normalized spacial score (nSPS) is 19.9. The molecule has 2 N–H and O–H groups in total. The number of hydrogen-bond donors (Lipinski definition) is 2. The van der Waals surface area contributed by atoms with Crippen molar-refractivity contribution in [1.82, 2.24) is 9.88 Å². The Morgan fingerprint density at radius 2 is 2.03 bits per heavy atom. The van der Waals surface area contributed by atoms with Gasteiger partial charge in [-0.15, -0.1) is 0 Å². The second-order valence-corrected chi connectivity index (χ2v) is 8.21. The molecule has 10 heteroatoms. The highest BCUT2D eigenvalue weighted by atomic mass is 19.1. The van der Waals surface area contributed by atoms with Crippen molar-refractivity contribution >= 4 is 11.7 Å². The zero-order valence-electron chi connectivity index (χ0n) is 18.6. The zero-order chi connectivity index (χ0) is 24.3. The molecule has 0 unspecified atom stereocenters. The SMILES string of the molecule is COCCC[C@@]1(C)C(=O)c2c(O)c(=O)c(C(=O)NCc3ccc(F)cc3F)cn2C[C@@H]1OC. The third-order valence-electron chi connectivity index (χ3n) is 6.09. The number of rotatable bonds is 8. The second kappa shape index (κ2) is 9.80. The number of benzene rings is 1. The Kier molecular flexibility index (Phi) is 7.28. The van der Waals surface area contributed by atoms with Gasteiger partial charge in [-0.3, -0.25) is 14.4 Å². The molecule has 1 aliphatic heterocycles. The van der Waals surface area contributed by atoms with Crippen LogP contribution in [0.25, 0.3) is 0 Å². The quantitative estimate of drug-likeness (QED) is 0.581. The number of nitrogens with zero attached hydrogens (tertiary/aromatic N) is 1. The van der Waals surface area contributed by atoms with E-state index in [0.717, 1.165) is 6.07 Å². The van der Waals surface area contributed by atoms with E-state index in [2.05, 4.69) is 5.32 Å². The summed E-state index contributed by atoms with van der Waals surface area (Å²) in [4.78, 5) is 38.7. The van der Waals surface area contributed by atoms with E-state index in [0.29, 0.717) is 25.5 Å². The minimum atomic E-state index is -1.01. The van der Waals surface area contributed by atoms with Crippen LogP contribution >= 0.6 is 0 Å². The molecule has 8 nitrogen and oxygen atoms in total. The number of methoxy groups -OCH3 is 2. The number of pyridine rings is 1. The van der Waals surface area contributed by atoms with Crippen molar-refractivity contribution in [3.63, 3.8) is 0 Å². The molecule has 0 aliphatic carbocycles. The summed E-state index contributed by atoms with van der Waals surface area (Å²) in [5.41, 5.74) is -2.59. The number of ketones is 1. The van der Waals surface area contributed by atoms with Crippen molar-refractivity contribution in [2.75, 3.05) is 20.8 Å². The maximum Gasteiger partial charge on any atom is 0.257 e. The molecule has 1 amide bonds. The van der Waals surface area contributed by atoms with Gasteiger partial charge in [0.25, 0.3) is 5.91 Å². The lowest BCUT2D eigenvalue weighted by atomic mass is 9.72. The van der Waals surface area contributed by atoms with Crippen LogP contribution in [0.4, 0.5) is 8.78 Å². The molecule has 0 saturated carbocycles. The molecule has 2 atom stereocenters.